The van der Waals surface area contributed by atoms with Gasteiger partial charge in [-0.2, -0.15) is 13.2 Å². The summed E-state index contributed by atoms with van der Waals surface area (Å²) in [7, 11) is 3.14. The molecule has 180 valence electrons. The first kappa shape index (κ1) is 24.2. The van der Waals surface area contributed by atoms with E-state index in [1.165, 1.54) is 30.2 Å². The molecule has 1 heterocycles. The van der Waals surface area contributed by atoms with Crippen LogP contribution in [0.2, 0.25) is 0 Å². The second kappa shape index (κ2) is 10.1. The van der Waals surface area contributed by atoms with E-state index in [9.17, 15) is 13.2 Å². The van der Waals surface area contributed by atoms with Crippen LogP contribution in [-0.4, -0.2) is 24.2 Å². The molecule has 3 aromatic carbocycles. The molecule has 4 rings (SSSR count). The standard InChI is InChI=1S/C25H21F3N4O2S/c1-15(31-17-9-7-16(8-10-17)25(26,27)28)32-18-5-4-6-19(11-18)35-24-20-12-22(33-2)23(34-3)13-21(20)29-14-30-24/h4-14,31-32H,1H2,2-3H3. The minimum Gasteiger partial charge on any atom is -0.493 e. The Balaban J connectivity index is 1.49. The van der Waals surface area contributed by atoms with Crippen LogP contribution in [0.5, 0.6) is 11.5 Å². The molecule has 0 spiro atoms. The van der Waals surface area contributed by atoms with Gasteiger partial charge in [0.05, 0.1) is 25.3 Å². The number of anilines is 2. The van der Waals surface area contributed by atoms with E-state index in [1.54, 1.807) is 20.3 Å². The van der Waals surface area contributed by atoms with Crippen molar-refractivity contribution in [2.45, 2.75) is 16.1 Å². The SMILES string of the molecule is C=C(Nc1ccc(C(F)(F)F)cc1)Nc1cccc(Sc2ncnc3cc(OC)c(OC)cc23)c1. The molecule has 0 aliphatic heterocycles. The summed E-state index contributed by atoms with van der Waals surface area (Å²) in [5.41, 5.74) is 1.25. The number of fused-ring (bicyclic) bond motifs is 1. The van der Waals surface area contributed by atoms with E-state index in [0.29, 0.717) is 23.0 Å². The van der Waals surface area contributed by atoms with Crippen LogP contribution in [0, 0.1) is 0 Å². The fourth-order valence-corrected chi connectivity index (χ4v) is 4.24. The first-order chi connectivity index (χ1) is 16.8. The highest BCUT2D eigenvalue weighted by atomic mass is 32.2. The molecular formula is C25H21F3N4O2S. The van der Waals surface area contributed by atoms with Crippen LogP contribution in [0.4, 0.5) is 24.5 Å². The van der Waals surface area contributed by atoms with E-state index in [-0.39, 0.29) is 0 Å². The maximum absolute atomic E-state index is 12.7. The van der Waals surface area contributed by atoms with Gasteiger partial charge in [0.25, 0.3) is 0 Å². The zero-order valence-electron chi connectivity index (χ0n) is 18.8. The Labute approximate surface area is 204 Å². The van der Waals surface area contributed by atoms with Gasteiger partial charge in [0.15, 0.2) is 11.5 Å². The van der Waals surface area contributed by atoms with Crippen molar-refractivity contribution in [2.24, 2.45) is 0 Å². The predicted molar refractivity (Wildman–Crippen MR) is 131 cm³/mol. The average molecular weight is 499 g/mol. The molecule has 1 aromatic heterocycles. The van der Waals surface area contributed by atoms with Gasteiger partial charge in [-0.15, -0.1) is 0 Å². The van der Waals surface area contributed by atoms with Crippen molar-refractivity contribution in [3.63, 3.8) is 0 Å². The summed E-state index contributed by atoms with van der Waals surface area (Å²) in [6.07, 6.45) is -2.88. The molecule has 2 N–H and O–H groups in total. The number of hydrogen-bond donors (Lipinski definition) is 2. The molecule has 0 radical (unpaired) electrons. The summed E-state index contributed by atoms with van der Waals surface area (Å²) in [6.45, 7) is 3.91. The van der Waals surface area contributed by atoms with Gasteiger partial charge in [-0.25, -0.2) is 9.97 Å². The van der Waals surface area contributed by atoms with Gasteiger partial charge in [0, 0.05) is 27.7 Å². The maximum Gasteiger partial charge on any atom is 0.416 e. The Morgan fingerprint density at radius 2 is 1.57 bits per heavy atom. The number of nitrogens with zero attached hydrogens (tertiary/aromatic N) is 2. The molecule has 10 heteroatoms. The summed E-state index contributed by atoms with van der Waals surface area (Å²) >= 11 is 1.45. The highest BCUT2D eigenvalue weighted by Gasteiger charge is 2.29. The quantitative estimate of drug-likeness (QED) is 0.259. The lowest BCUT2D eigenvalue weighted by Crippen LogP contribution is -2.09. The van der Waals surface area contributed by atoms with E-state index in [2.05, 4.69) is 27.2 Å². The lowest BCUT2D eigenvalue weighted by atomic mass is 10.2. The monoisotopic (exact) mass is 498 g/mol. The topological polar surface area (TPSA) is 68.3 Å². The molecular weight excluding hydrogens is 477 g/mol. The Morgan fingerprint density at radius 1 is 0.886 bits per heavy atom. The van der Waals surface area contributed by atoms with Crippen LogP contribution < -0.4 is 20.1 Å². The van der Waals surface area contributed by atoms with Gasteiger partial charge in [-0.3, -0.25) is 0 Å². The molecule has 0 aliphatic carbocycles. The highest BCUT2D eigenvalue weighted by molar-refractivity contribution is 7.99. The molecule has 35 heavy (non-hydrogen) atoms. The summed E-state index contributed by atoms with van der Waals surface area (Å²) in [5, 5.41) is 7.65. The minimum absolute atomic E-state index is 0.413. The van der Waals surface area contributed by atoms with Gasteiger partial charge in [-0.1, -0.05) is 24.4 Å². The summed E-state index contributed by atoms with van der Waals surface area (Å²) < 4.78 is 49.0. The summed E-state index contributed by atoms with van der Waals surface area (Å²) in [5.74, 6) is 1.58. The molecule has 0 aliphatic rings. The van der Waals surface area contributed by atoms with E-state index in [4.69, 9.17) is 9.47 Å². The average Bonchev–Trinajstić information content (AvgIpc) is 2.83. The number of aromatic nitrogens is 2. The normalized spacial score (nSPS) is 11.2. The van der Waals surface area contributed by atoms with E-state index in [0.717, 1.165) is 38.6 Å². The fraction of sp³-hybridized carbons (Fsp3) is 0.120. The molecule has 0 saturated heterocycles. The minimum atomic E-state index is -4.38. The van der Waals surface area contributed by atoms with Gasteiger partial charge in [0.2, 0.25) is 0 Å². The second-order valence-corrected chi connectivity index (χ2v) is 8.40. The largest absolute Gasteiger partial charge is 0.493 e. The number of hydrogen-bond acceptors (Lipinski definition) is 7. The fourth-order valence-electron chi connectivity index (χ4n) is 3.31. The van der Waals surface area contributed by atoms with Gasteiger partial charge < -0.3 is 20.1 Å². The number of halogens is 3. The van der Waals surface area contributed by atoms with Crippen LogP contribution in [0.3, 0.4) is 0 Å². The smallest absolute Gasteiger partial charge is 0.416 e. The van der Waals surface area contributed by atoms with Gasteiger partial charge >= 0.3 is 6.18 Å². The van der Waals surface area contributed by atoms with Gasteiger partial charge in [-0.05, 0) is 48.5 Å². The van der Waals surface area contributed by atoms with Gasteiger partial charge in [0.1, 0.15) is 17.2 Å². The predicted octanol–water partition coefficient (Wildman–Crippen LogP) is 6.81. The number of benzene rings is 3. The summed E-state index contributed by atoms with van der Waals surface area (Å²) in [6, 6.07) is 16.0. The van der Waals surface area contributed by atoms with Crippen LogP contribution in [-0.2, 0) is 6.18 Å². The van der Waals surface area contributed by atoms with Crippen molar-refractivity contribution in [3.8, 4) is 11.5 Å². The molecule has 0 saturated carbocycles. The van der Waals surface area contributed by atoms with Crippen LogP contribution in [0.15, 0.2) is 89.3 Å². The Hall–Kier alpha value is -3.92. The van der Waals surface area contributed by atoms with E-state index >= 15 is 0 Å². The highest BCUT2D eigenvalue weighted by Crippen LogP contribution is 2.37. The number of rotatable bonds is 8. The molecule has 4 aromatic rings. The molecule has 6 nitrogen and oxygen atoms in total. The first-order valence-corrected chi connectivity index (χ1v) is 11.1. The number of nitrogens with one attached hydrogen (secondary N) is 2. The first-order valence-electron chi connectivity index (χ1n) is 10.3. The molecule has 0 bridgehead atoms. The van der Waals surface area contributed by atoms with Crippen molar-refractivity contribution >= 4 is 34.0 Å². The second-order valence-electron chi connectivity index (χ2n) is 7.34. The molecule has 0 fully saturated rings. The Kier molecular flexibility index (Phi) is 7.02. The molecule has 0 amide bonds. The zero-order valence-corrected chi connectivity index (χ0v) is 19.6. The Morgan fingerprint density at radius 3 is 2.26 bits per heavy atom. The van der Waals surface area contributed by atoms with Crippen LogP contribution >= 0.6 is 11.8 Å². The number of alkyl halides is 3. The van der Waals surface area contributed by atoms with Crippen LogP contribution in [0.25, 0.3) is 10.9 Å². The number of methoxy groups -OCH3 is 2. The Bertz CT molecular complexity index is 1360. The van der Waals surface area contributed by atoms with Crippen molar-refractivity contribution in [3.05, 3.63) is 85.0 Å². The van der Waals surface area contributed by atoms with Crippen molar-refractivity contribution in [2.75, 3.05) is 24.9 Å². The molecule has 0 unspecified atom stereocenters. The third kappa shape index (κ3) is 5.78. The lowest BCUT2D eigenvalue weighted by Gasteiger charge is -2.14. The third-order valence-electron chi connectivity index (χ3n) is 4.96. The van der Waals surface area contributed by atoms with Crippen LogP contribution in [0.1, 0.15) is 5.56 Å². The molecule has 0 atom stereocenters. The number of ether oxygens (including phenoxy) is 2. The lowest BCUT2D eigenvalue weighted by molar-refractivity contribution is -0.137. The van der Waals surface area contributed by atoms with E-state index in [1.807, 2.05) is 30.3 Å². The van der Waals surface area contributed by atoms with Crippen molar-refractivity contribution in [1.82, 2.24) is 9.97 Å². The van der Waals surface area contributed by atoms with Crippen molar-refractivity contribution in [1.29, 1.82) is 0 Å². The zero-order chi connectivity index (χ0) is 25.0. The van der Waals surface area contributed by atoms with E-state index < -0.39 is 11.7 Å². The third-order valence-corrected chi connectivity index (χ3v) is 5.96. The van der Waals surface area contributed by atoms with Crippen molar-refractivity contribution < 1.29 is 22.6 Å². The summed E-state index contributed by atoms with van der Waals surface area (Å²) in [4.78, 5) is 9.67. The maximum atomic E-state index is 12.7.